The molecule has 0 aromatic heterocycles. The van der Waals surface area contributed by atoms with Crippen LogP contribution in [0.25, 0.3) is 0 Å². The van der Waals surface area contributed by atoms with E-state index in [1.165, 1.54) is 27.8 Å². The fraction of sp³-hybridized carbons (Fsp3) is 0.538. The van der Waals surface area contributed by atoms with Crippen molar-refractivity contribution in [1.29, 1.82) is 0 Å². The van der Waals surface area contributed by atoms with Gasteiger partial charge in [-0.2, -0.15) is 0 Å². The van der Waals surface area contributed by atoms with Crippen LogP contribution in [0.4, 0.5) is 0 Å². The normalized spacial score (nSPS) is 14.9. The summed E-state index contributed by atoms with van der Waals surface area (Å²) in [7, 11) is 1.77. The molecule has 1 heterocycles. The first kappa shape index (κ1) is 10.5. The number of ether oxygens (including phenoxy) is 1. The molecule has 1 aromatic rings. The maximum atomic E-state index is 5.50. The molecule has 1 aliphatic rings. The number of hydrogen-bond acceptors (Lipinski definition) is 2. The monoisotopic (exact) mass is 205 g/mol. The average molecular weight is 205 g/mol. The van der Waals surface area contributed by atoms with Crippen molar-refractivity contribution >= 4 is 0 Å². The van der Waals surface area contributed by atoms with Gasteiger partial charge in [-0.05, 0) is 61.6 Å². The molecule has 0 radical (unpaired) electrons. The van der Waals surface area contributed by atoms with Gasteiger partial charge in [-0.15, -0.1) is 0 Å². The highest BCUT2D eigenvalue weighted by atomic mass is 16.5. The summed E-state index contributed by atoms with van der Waals surface area (Å²) in [6.07, 6.45) is 1.12. The lowest BCUT2D eigenvalue weighted by molar-refractivity contribution is 0.406. The SMILES string of the molecule is COc1c(C)c(C)c2c(c1C)CCNC2. The van der Waals surface area contributed by atoms with Crippen molar-refractivity contribution in [2.24, 2.45) is 0 Å². The molecule has 0 saturated carbocycles. The Labute approximate surface area is 91.6 Å². The van der Waals surface area contributed by atoms with Gasteiger partial charge in [0.05, 0.1) is 7.11 Å². The van der Waals surface area contributed by atoms with Gasteiger partial charge in [0.25, 0.3) is 0 Å². The van der Waals surface area contributed by atoms with Crippen molar-refractivity contribution in [3.8, 4) is 5.75 Å². The quantitative estimate of drug-likeness (QED) is 0.759. The summed E-state index contributed by atoms with van der Waals surface area (Å²) in [5.41, 5.74) is 6.99. The summed E-state index contributed by atoms with van der Waals surface area (Å²) < 4.78 is 5.50. The lowest BCUT2D eigenvalue weighted by atomic mass is 9.88. The maximum absolute atomic E-state index is 5.50. The molecule has 15 heavy (non-hydrogen) atoms. The topological polar surface area (TPSA) is 21.3 Å². The molecule has 2 nitrogen and oxygen atoms in total. The summed E-state index contributed by atoms with van der Waals surface area (Å²) in [4.78, 5) is 0. The first-order valence-electron chi connectivity index (χ1n) is 5.53. The summed E-state index contributed by atoms with van der Waals surface area (Å²) in [5.74, 6) is 1.08. The van der Waals surface area contributed by atoms with Crippen LogP contribution in [0.1, 0.15) is 27.8 Å². The number of rotatable bonds is 1. The lowest BCUT2D eigenvalue weighted by Gasteiger charge is -2.25. The van der Waals surface area contributed by atoms with Gasteiger partial charge in [0.15, 0.2) is 0 Å². The Morgan fingerprint density at radius 2 is 1.73 bits per heavy atom. The lowest BCUT2D eigenvalue weighted by Crippen LogP contribution is -2.25. The van der Waals surface area contributed by atoms with Crippen LogP contribution in [-0.2, 0) is 13.0 Å². The van der Waals surface area contributed by atoms with E-state index in [9.17, 15) is 0 Å². The van der Waals surface area contributed by atoms with E-state index in [0.717, 1.165) is 25.3 Å². The standard InChI is InChI=1S/C13H19NO/c1-8-9(2)13(15-4)10(3)11-5-6-14-7-12(8)11/h14H,5-7H2,1-4H3. The largest absolute Gasteiger partial charge is 0.496 e. The Kier molecular flexibility index (Phi) is 2.70. The summed E-state index contributed by atoms with van der Waals surface area (Å²) in [6, 6.07) is 0. The second kappa shape index (κ2) is 3.86. The van der Waals surface area contributed by atoms with Gasteiger partial charge in [-0.1, -0.05) is 0 Å². The minimum absolute atomic E-state index is 1.01. The Morgan fingerprint density at radius 1 is 1.00 bits per heavy atom. The van der Waals surface area contributed by atoms with E-state index in [1.54, 1.807) is 7.11 Å². The third-order valence-electron chi connectivity index (χ3n) is 3.57. The number of fused-ring (bicyclic) bond motifs is 1. The van der Waals surface area contributed by atoms with Gasteiger partial charge in [-0.25, -0.2) is 0 Å². The van der Waals surface area contributed by atoms with Crippen molar-refractivity contribution < 1.29 is 4.74 Å². The molecule has 0 aliphatic carbocycles. The van der Waals surface area contributed by atoms with Crippen LogP contribution in [0.5, 0.6) is 5.75 Å². The number of nitrogens with one attached hydrogen (secondary N) is 1. The third kappa shape index (κ3) is 1.53. The Morgan fingerprint density at radius 3 is 2.40 bits per heavy atom. The van der Waals surface area contributed by atoms with Crippen LogP contribution in [0, 0.1) is 20.8 Å². The molecule has 0 unspecified atom stereocenters. The highest BCUT2D eigenvalue weighted by molar-refractivity contribution is 5.55. The van der Waals surface area contributed by atoms with Crippen molar-refractivity contribution in [2.75, 3.05) is 13.7 Å². The zero-order chi connectivity index (χ0) is 11.0. The van der Waals surface area contributed by atoms with E-state index in [2.05, 4.69) is 26.1 Å². The number of benzene rings is 1. The highest BCUT2D eigenvalue weighted by Crippen LogP contribution is 2.34. The van der Waals surface area contributed by atoms with Crippen LogP contribution in [-0.4, -0.2) is 13.7 Å². The van der Waals surface area contributed by atoms with E-state index in [-0.39, 0.29) is 0 Å². The predicted molar refractivity (Wildman–Crippen MR) is 62.6 cm³/mol. The third-order valence-corrected chi connectivity index (χ3v) is 3.57. The van der Waals surface area contributed by atoms with Gasteiger partial charge in [-0.3, -0.25) is 0 Å². The minimum atomic E-state index is 1.01. The van der Waals surface area contributed by atoms with Crippen LogP contribution in [0.2, 0.25) is 0 Å². The van der Waals surface area contributed by atoms with Gasteiger partial charge in [0, 0.05) is 6.54 Å². The molecule has 0 spiro atoms. The van der Waals surface area contributed by atoms with Crippen molar-refractivity contribution in [2.45, 2.75) is 33.7 Å². The summed E-state index contributed by atoms with van der Waals surface area (Å²) in [5, 5.41) is 3.43. The maximum Gasteiger partial charge on any atom is 0.125 e. The highest BCUT2D eigenvalue weighted by Gasteiger charge is 2.19. The molecular weight excluding hydrogens is 186 g/mol. The van der Waals surface area contributed by atoms with Crippen LogP contribution in [0.3, 0.4) is 0 Å². The molecule has 1 N–H and O–H groups in total. The van der Waals surface area contributed by atoms with Crippen LogP contribution < -0.4 is 10.1 Å². The van der Waals surface area contributed by atoms with Crippen molar-refractivity contribution in [3.05, 3.63) is 27.8 Å². The minimum Gasteiger partial charge on any atom is -0.496 e. The van der Waals surface area contributed by atoms with Crippen LogP contribution >= 0.6 is 0 Å². The first-order chi connectivity index (χ1) is 7.16. The number of hydrogen-bond donors (Lipinski definition) is 1. The van der Waals surface area contributed by atoms with E-state index < -0.39 is 0 Å². The first-order valence-corrected chi connectivity index (χ1v) is 5.53. The molecular formula is C13H19NO. The molecule has 2 rings (SSSR count). The smallest absolute Gasteiger partial charge is 0.125 e. The summed E-state index contributed by atoms with van der Waals surface area (Å²) in [6.45, 7) is 8.61. The molecule has 2 heteroatoms. The second-order valence-electron chi connectivity index (χ2n) is 4.29. The Hall–Kier alpha value is -1.02. The van der Waals surface area contributed by atoms with Gasteiger partial charge >= 0.3 is 0 Å². The Balaban J connectivity index is 2.69. The van der Waals surface area contributed by atoms with E-state index in [0.29, 0.717) is 0 Å². The predicted octanol–water partition coefficient (Wildman–Crippen LogP) is 2.27. The van der Waals surface area contributed by atoms with Gasteiger partial charge < -0.3 is 10.1 Å². The van der Waals surface area contributed by atoms with Crippen LogP contribution in [0.15, 0.2) is 0 Å². The van der Waals surface area contributed by atoms with E-state index in [4.69, 9.17) is 4.74 Å². The zero-order valence-corrected chi connectivity index (χ0v) is 10.0. The molecule has 1 aromatic carbocycles. The second-order valence-corrected chi connectivity index (χ2v) is 4.29. The zero-order valence-electron chi connectivity index (χ0n) is 10.0. The fourth-order valence-electron chi connectivity index (χ4n) is 2.58. The summed E-state index contributed by atoms with van der Waals surface area (Å²) >= 11 is 0. The molecule has 0 saturated heterocycles. The van der Waals surface area contributed by atoms with Gasteiger partial charge in [0.1, 0.15) is 5.75 Å². The molecule has 82 valence electrons. The van der Waals surface area contributed by atoms with Crippen molar-refractivity contribution in [3.63, 3.8) is 0 Å². The number of methoxy groups -OCH3 is 1. The van der Waals surface area contributed by atoms with Gasteiger partial charge in [0.2, 0.25) is 0 Å². The molecule has 0 fully saturated rings. The van der Waals surface area contributed by atoms with Crippen molar-refractivity contribution in [1.82, 2.24) is 5.32 Å². The molecule has 0 atom stereocenters. The average Bonchev–Trinajstić information content (AvgIpc) is 2.27. The molecule has 0 amide bonds. The molecule has 0 bridgehead atoms. The Bertz CT molecular complexity index is 396. The van der Waals surface area contributed by atoms with E-state index in [1.807, 2.05) is 0 Å². The van der Waals surface area contributed by atoms with E-state index >= 15 is 0 Å². The molecule has 1 aliphatic heterocycles. The fourth-order valence-corrected chi connectivity index (χ4v) is 2.58.